The first kappa shape index (κ1) is 18.7. The lowest BCUT2D eigenvalue weighted by Gasteiger charge is -2.40. The van der Waals surface area contributed by atoms with Gasteiger partial charge in [0, 0.05) is 38.9 Å². The molecule has 1 saturated heterocycles. The molecule has 3 aliphatic rings. The van der Waals surface area contributed by atoms with Crippen molar-refractivity contribution < 1.29 is 9.59 Å². The molecule has 2 amide bonds. The molecule has 1 atom stereocenters. The highest BCUT2D eigenvalue weighted by Crippen LogP contribution is 2.49. The first-order valence-electron chi connectivity index (χ1n) is 9.11. The summed E-state index contributed by atoms with van der Waals surface area (Å²) in [6.45, 7) is 0.968. The lowest BCUT2D eigenvalue weighted by molar-refractivity contribution is -0.134. The Morgan fingerprint density at radius 2 is 1.97 bits per heavy atom. The molecule has 29 heavy (non-hydrogen) atoms. The van der Waals surface area contributed by atoms with Gasteiger partial charge >= 0.3 is 0 Å². The maximum Gasteiger partial charge on any atom is 0.256 e. The Kier molecular flexibility index (Phi) is 4.64. The maximum absolute atomic E-state index is 13.3. The van der Waals surface area contributed by atoms with Gasteiger partial charge in [-0.1, -0.05) is 41.9 Å². The minimum absolute atomic E-state index is 0.0388. The van der Waals surface area contributed by atoms with E-state index in [4.69, 9.17) is 11.6 Å². The van der Waals surface area contributed by atoms with Crippen molar-refractivity contribution in [3.8, 4) is 0 Å². The number of amides is 2. The van der Waals surface area contributed by atoms with Gasteiger partial charge in [-0.3, -0.25) is 20.0 Å². The Labute approximate surface area is 182 Å². The number of amidine groups is 1. The molecule has 0 spiro atoms. The van der Waals surface area contributed by atoms with Crippen LogP contribution in [0.1, 0.15) is 21.5 Å². The van der Waals surface area contributed by atoms with Gasteiger partial charge in [0.1, 0.15) is 6.54 Å². The van der Waals surface area contributed by atoms with Crippen LogP contribution in [0.4, 0.5) is 0 Å². The number of hydrogen-bond acceptors (Lipinski definition) is 4. The zero-order valence-electron chi connectivity index (χ0n) is 15.2. The largest absolute Gasteiger partial charge is 0.308 e. The van der Waals surface area contributed by atoms with E-state index in [1.165, 1.54) is 0 Å². The van der Waals surface area contributed by atoms with Crippen LogP contribution in [-0.4, -0.2) is 49.2 Å². The molecule has 3 aliphatic heterocycles. The second kappa shape index (κ2) is 7.19. The Morgan fingerprint density at radius 3 is 2.72 bits per heavy atom. The van der Waals surface area contributed by atoms with E-state index in [-0.39, 0.29) is 39.1 Å². The minimum atomic E-state index is -0.960. The lowest BCUT2D eigenvalue weighted by Crippen LogP contribution is -2.52. The van der Waals surface area contributed by atoms with E-state index in [9.17, 15) is 9.59 Å². The average Bonchev–Trinajstić information content (AvgIpc) is 3.44. The first-order valence-corrected chi connectivity index (χ1v) is 11.8. The molecule has 7 nitrogen and oxygen atoms in total. The van der Waals surface area contributed by atoms with E-state index in [2.05, 4.69) is 15.8 Å². The smallest absolute Gasteiger partial charge is 0.256 e. The van der Waals surface area contributed by atoms with Gasteiger partial charge in [0.05, 0.1) is 0 Å². The third-order valence-electron chi connectivity index (χ3n) is 5.40. The van der Waals surface area contributed by atoms with Crippen molar-refractivity contribution in [1.82, 2.24) is 20.7 Å². The van der Waals surface area contributed by atoms with Crippen LogP contribution in [0.25, 0.3) is 0 Å². The van der Waals surface area contributed by atoms with Crippen molar-refractivity contribution in [2.45, 2.75) is 5.66 Å². The summed E-state index contributed by atoms with van der Waals surface area (Å²) in [6, 6.07) is 14.9. The molecule has 3 heterocycles. The normalized spacial score (nSPS) is 23.8. The fourth-order valence-corrected chi connectivity index (χ4v) is 5.68. The summed E-state index contributed by atoms with van der Waals surface area (Å²) in [4.78, 5) is 34.5. The van der Waals surface area contributed by atoms with E-state index in [0.29, 0.717) is 23.7 Å². The summed E-state index contributed by atoms with van der Waals surface area (Å²) in [7, 11) is 0. The van der Waals surface area contributed by atoms with Gasteiger partial charge in [0.2, 0.25) is 5.91 Å². The summed E-state index contributed by atoms with van der Waals surface area (Å²) in [5, 5.41) is 0.608. The quantitative estimate of drug-likeness (QED) is 0.479. The molecule has 2 N–H and O–H groups in total. The van der Waals surface area contributed by atoms with Crippen molar-refractivity contribution in [3.63, 3.8) is 0 Å². The molecule has 2 aromatic carbocycles. The molecule has 1 unspecified atom stereocenters. The van der Waals surface area contributed by atoms with E-state index in [1.54, 1.807) is 21.9 Å². The van der Waals surface area contributed by atoms with E-state index >= 15 is 0 Å². The maximum atomic E-state index is 13.3. The molecule has 0 aromatic heterocycles. The van der Waals surface area contributed by atoms with Crippen molar-refractivity contribution in [1.29, 1.82) is 0 Å². The number of hydrogen-bond donors (Lipinski definition) is 2. The van der Waals surface area contributed by atoms with E-state index < -0.39 is 5.66 Å². The monoisotopic (exact) mass is 521 g/mol. The Bertz CT molecular complexity index is 1070. The van der Waals surface area contributed by atoms with E-state index in [0.717, 1.165) is 15.0 Å². The molecule has 1 fully saturated rings. The van der Waals surface area contributed by atoms with Gasteiger partial charge in [-0.05, 0) is 38.9 Å². The molecule has 9 heteroatoms. The lowest BCUT2D eigenvalue weighted by atomic mass is 9.90. The highest BCUT2D eigenvalue weighted by molar-refractivity contribution is 14.2. The molecule has 0 saturated carbocycles. The summed E-state index contributed by atoms with van der Waals surface area (Å²) < 4.78 is 2.78. The van der Waals surface area contributed by atoms with Crippen LogP contribution in [0, 0.1) is 0 Å². The Hall–Kier alpha value is -2.30. The molecule has 0 bridgehead atoms. The molecular weight excluding hydrogens is 505 g/mol. The first-order chi connectivity index (χ1) is 14.1. The van der Waals surface area contributed by atoms with Crippen LogP contribution in [0.5, 0.6) is 0 Å². The van der Waals surface area contributed by atoms with Crippen LogP contribution in [0.2, 0.25) is 5.02 Å². The number of aliphatic imine (C=N–C) groups is 1. The summed E-state index contributed by atoms with van der Waals surface area (Å²) in [5.74, 6) is -0.170. The number of nitrogens with one attached hydrogen (secondary N) is 2. The van der Waals surface area contributed by atoms with Crippen LogP contribution in [-0.2, 0) is 10.5 Å². The number of benzene rings is 2. The molecule has 148 valence electrons. The van der Waals surface area contributed by atoms with Crippen LogP contribution >= 0.6 is 32.3 Å². The molecule has 5 rings (SSSR count). The van der Waals surface area contributed by atoms with Gasteiger partial charge in [-0.15, -0.1) is 0 Å². The molecule has 2 aromatic rings. The van der Waals surface area contributed by atoms with Crippen molar-refractivity contribution in [2.75, 3.05) is 19.6 Å². The highest BCUT2D eigenvalue weighted by Gasteiger charge is 2.59. The third-order valence-corrected chi connectivity index (χ3v) is 7.47. The Balaban J connectivity index is 1.63. The Morgan fingerprint density at radius 1 is 1.17 bits per heavy atom. The van der Waals surface area contributed by atoms with Crippen molar-refractivity contribution in [3.05, 3.63) is 70.2 Å². The van der Waals surface area contributed by atoms with Gasteiger partial charge in [0.25, 0.3) is 5.91 Å². The highest BCUT2D eigenvalue weighted by atomic mass is 127. The van der Waals surface area contributed by atoms with Gasteiger partial charge < -0.3 is 9.80 Å². The number of carbonyl (C=O) groups is 2. The fraction of sp³-hybridized carbons (Fsp3) is 0.200. The minimum Gasteiger partial charge on any atom is -0.308 e. The van der Waals surface area contributed by atoms with Crippen molar-refractivity contribution >= 4 is 52.1 Å². The topological polar surface area (TPSA) is 77.0 Å². The number of carbonyl (C=O) groups excluding carboxylic acids is 2. The summed E-state index contributed by atoms with van der Waals surface area (Å²) >= 11 is 5.78. The van der Waals surface area contributed by atoms with Gasteiger partial charge in [0.15, 0.2) is 9.51 Å². The van der Waals surface area contributed by atoms with Crippen LogP contribution in [0.15, 0.2) is 53.5 Å². The van der Waals surface area contributed by atoms with Crippen LogP contribution < -0.4 is 10.9 Å². The summed E-state index contributed by atoms with van der Waals surface area (Å²) in [6.07, 6.45) is 0. The number of halogens is 2. The van der Waals surface area contributed by atoms with Gasteiger partial charge in [-0.2, -0.15) is 0 Å². The zero-order chi connectivity index (χ0) is 20.0. The zero-order valence-corrected chi connectivity index (χ0v) is 18.1. The molecule has 0 radical (unpaired) electrons. The number of rotatable bonds is 3. The average molecular weight is 522 g/mol. The van der Waals surface area contributed by atoms with Crippen molar-refractivity contribution in [2.24, 2.45) is 4.99 Å². The number of hydrazine groups is 1. The molecular formula is C20H17ClIN5O2. The third kappa shape index (κ3) is 2.81. The predicted molar refractivity (Wildman–Crippen MR) is 120 cm³/mol. The van der Waals surface area contributed by atoms with Gasteiger partial charge in [-0.25, -0.2) is 5.43 Å². The second-order valence-corrected chi connectivity index (χ2v) is 9.53. The number of fused-ring (bicyclic) bond motifs is 3. The van der Waals surface area contributed by atoms with E-state index in [1.807, 2.05) is 40.5 Å². The summed E-state index contributed by atoms with van der Waals surface area (Å²) in [5.41, 5.74) is 7.22. The predicted octanol–water partition coefficient (Wildman–Crippen LogP) is 2.03. The number of nitrogens with zero attached hydrogens (tertiary/aromatic N) is 3. The second-order valence-electron chi connectivity index (χ2n) is 6.82. The standard InChI is InChI=1S/C20H17ClIN5O2/c21-14-7-5-13(6-8-14)20-16-4-2-1-3-15(16)18(29)27(20)10-9-26(20)17(28)11-23-19-22-12-24-25-19/h1-8,12,24H,9-11H2,(H,23,25). The SMILES string of the molecule is O=C(CN=C1NNC=I1)N1CCN2C(=O)c3ccccc3C12c1ccc(Cl)cc1. The molecule has 0 aliphatic carbocycles. The fourth-order valence-electron chi connectivity index (χ4n) is 4.27. The van der Waals surface area contributed by atoms with Crippen LogP contribution in [0.3, 0.4) is 0 Å².